The maximum absolute atomic E-state index is 13.2. The second kappa shape index (κ2) is 8.28. The minimum atomic E-state index is -0.413. The average molecular weight is 499 g/mol. The molecule has 140 valence electrons. The summed E-state index contributed by atoms with van der Waals surface area (Å²) in [5, 5.41) is 3.12. The van der Waals surface area contributed by atoms with Gasteiger partial charge >= 0.3 is 0 Å². The van der Waals surface area contributed by atoms with E-state index in [-0.39, 0.29) is 18.0 Å². The Balaban J connectivity index is 1.71. The molecule has 1 aromatic heterocycles. The zero-order valence-corrected chi connectivity index (χ0v) is 17.4. The molecule has 2 aromatic carbocycles. The monoisotopic (exact) mass is 497 g/mol. The Morgan fingerprint density at radius 1 is 1.30 bits per heavy atom. The van der Waals surface area contributed by atoms with E-state index in [0.29, 0.717) is 33.4 Å². The van der Waals surface area contributed by atoms with Crippen molar-refractivity contribution < 1.29 is 14.1 Å². The molecule has 27 heavy (non-hydrogen) atoms. The standard InChI is InChI=1S/C18H15Br2FN4O2/c1-25(9-16(26)22-12-4-2-3-11(21)7-12)8-15-23-17-13(18(27)24-15)5-10(19)6-14(17)20/h2-7H,8-9H2,1H3,(H,22,26)(H,23,24,27)/p+1. The van der Waals surface area contributed by atoms with Gasteiger partial charge in [0.2, 0.25) is 0 Å². The van der Waals surface area contributed by atoms with Crippen LogP contribution < -0.4 is 15.8 Å². The van der Waals surface area contributed by atoms with E-state index >= 15 is 0 Å². The number of nitrogens with one attached hydrogen (secondary N) is 3. The second-order valence-corrected chi connectivity index (χ2v) is 7.94. The molecule has 1 atom stereocenters. The maximum atomic E-state index is 13.2. The molecule has 1 amide bonds. The van der Waals surface area contributed by atoms with E-state index in [1.165, 1.54) is 18.2 Å². The smallest absolute Gasteiger partial charge is 0.279 e. The number of benzene rings is 2. The molecule has 0 aliphatic carbocycles. The lowest BCUT2D eigenvalue weighted by molar-refractivity contribution is -0.885. The molecule has 0 spiro atoms. The summed E-state index contributed by atoms with van der Waals surface area (Å²) < 4.78 is 14.7. The second-order valence-electron chi connectivity index (χ2n) is 6.17. The zero-order valence-electron chi connectivity index (χ0n) is 14.3. The number of quaternary nitrogens is 1. The van der Waals surface area contributed by atoms with Gasteiger partial charge in [-0.1, -0.05) is 22.0 Å². The summed E-state index contributed by atoms with van der Waals surface area (Å²) >= 11 is 6.77. The van der Waals surface area contributed by atoms with Crippen LogP contribution in [0.4, 0.5) is 10.1 Å². The number of fused-ring (bicyclic) bond motifs is 1. The van der Waals surface area contributed by atoms with Crippen molar-refractivity contribution in [1.82, 2.24) is 9.97 Å². The first-order chi connectivity index (χ1) is 12.8. The first-order valence-corrected chi connectivity index (χ1v) is 9.65. The molecule has 3 N–H and O–H groups in total. The van der Waals surface area contributed by atoms with Crippen molar-refractivity contribution in [3.63, 3.8) is 0 Å². The summed E-state index contributed by atoms with van der Waals surface area (Å²) in [4.78, 5) is 32.5. The number of hydrogen-bond acceptors (Lipinski definition) is 3. The summed E-state index contributed by atoms with van der Waals surface area (Å²) in [5.41, 5.74) is 0.725. The Morgan fingerprint density at radius 3 is 2.81 bits per heavy atom. The van der Waals surface area contributed by atoms with Crippen molar-refractivity contribution in [2.24, 2.45) is 0 Å². The van der Waals surface area contributed by atoms with E-state index in [1.807, 2.05) is 13.1 Å². The van der Waals surface area contributed by atoms with E-state index in [1.54, 1.807) is 12.1 Å². The van der Waals surface area contributed by atoms with E-state index in [4.69, 9.17) is 0 Å². The van der Waals surface area contributed by atoms with Gasteiger partial charge in [0.25, 0.3) is 11.5 Å². The number of carbonyl (C=O) groups excluding carboxylic acids is 1. The van der Waals surface area contributed by atoms with Crippen LogP contribution in [0.5, 0.6) is 0 Å². The van der Waals surface area contributed by atoms with Crippen molar-refractivity contribution in [2.45, 2.75) is 6.54 Å². The lowest BCUT2D eigenvalue weighted by atomic mass is 10.2. The first-order valence-electron chi connectivity index (χ1n) is 8.06. The number of carbonyl (C=O) groups is 1. The van der Waals surface area contributed by atoms with Gasteiger partial charge < -0.3 is 15.2 Å². The Kier molecular flexibility index (Phi) is 6.03. The summed E-state index contributed by atoms with van der Waals surface area (Å²) in [7, 11) is 1.81. The maximum Gasteiger partial charge on any atom is 0.279 e. The summed E-state index contributed by atoms with van der Waals surface area (Å²) in [6.07, 6.45) is 0. The normalized spacial score (nSPS) is 12.1. The van der Waals surface area contributed by atoms with Crippen molar-refractivity contribution in [2.75, 3.05) is 18.9 Å². The van der Waals surface area contributed by atoms with E-state index < -0.39 is 5.82 Å². The molecule has 1 unspecified atom stereocenters. The predicted molar refractivity (Wildman–Crippen MR) is 108 cm³/mol. The summed E-state index contributed by atoms with van der Waals surface area (Å²) in [5.74, 6) is -0.193. The molecule has 9 heteroatoms. The Morgan fingerprint density at radius 2 is 2.07 bits per heavy atom. The van der Waals surface area contributed by atoms with Gasteiger partial charge in [-0.05, 0) is 46.3 Å². The van der Waals surface area contributed by atoms with Crippen LogP contribution in [0.2, 0.25) is 0 Å². The molecule has 0 aliphatic heterocycles. The quantitative estimate of drug-likeness (QED) is 0.504. The molecule has 3 rings (SSSR count). The van der Waals surface area contributed by atoms with Gasteiger partial charge in [0.1, 0.15) is 12.4 Å². The molecule has 1 heterocycles. The zero-order chi connectivity index (χ0) is 19.6. The number of anilines is 1. The largest absolute Gasteiger partial charge is 0.323 e. The number of aromatic nitrogens is 2. The average Bonchev–Trinajstić information content (AvgIpc) is 2.55. The molecule has 0 radical (unpaired) electrons. The number of halogens is 3. The molecule has 3 aromatic rings. The third-order valence-electron chi connectivity index (χ3n) is 3.82. The summed E-state index contributed by atoms with van der Waals surface area (Å²) in [6.45, 7) is 0.490. The number of H-pyrrole nitrogens is 1. The van der Waals surface area contributed by atoms with Crippen LogP contribution >= 0.6 is 31.9 Å². The van der Waals surface area contributed by atoms with Gasteiger partial charge in [-0.2, -0.15) is 0 Å². The van der Waals surface area contributed by atoms with E-state index in [0.717, 1.165) is 9.37 Å². The molecule has 0 aliphatic rings. The molecular formula is C18H16Br2FN4O2+. The van der Waals surface area contributed by atoms with Gasteiger partial charge in [0.15, 0.2) is 12.4 Å². The highest BCUT2D eigenvalue weighted by molar-refractivity contribution is 9.11. The SMILES string of the molecule is C[NH+](CC(=O)Nc1cccc(F)c1)Cc1nc2c(Br)cc(Br)cc2c(=O)[nH]1. The minimum Gasteiger partial charge on any atom is -0.323 e. The van der Waals surface area contributed by atoms with Crippen LogP contribution in [0.25, 0.3) is 10.9 Å². The molecule has 0 saturated carbocycles. The lowest BCUT2D eigenvalue weighted by Crippen LogP contribution is -3.08. The molecule has 0 fully saturated rings. The third kappa shape index (κ3) is 5.00. The van der Waals surface area contributed by atoms with Crippen molar-refractivity contribution in [3.05, 3.63) is 67.3 Å². The fourth-order valence-corrected chi connectivity index (χ4v) is 4.01. The molecule has 6 nitrogen and oxygen atoms in total. The van der Waals surface area contributed by atoms with Crippen LogP contribution in [-0.4, -0.2) is 29.5 Å². The Hall–Kier alpha value is -2.10. The summed E-state index contributed by atoms with van der Waals surface area (Å²) in [6, 6.07) is 9.24. The first kappa shape index (κ1) is 19.7. The van der Waals surface area contributed by atoms with Crippen LogP contribution in [0.3, 0.4) is 0 Å². The number of hydrogen-bond donors (Lipinski definition) is 3. The van der Waals surface area contributed by atoms with Crippen LogP contribution in [0.15, 0.2) is 50.1 Å². The van der Waals surface area contributed by atoms with Crippen LogP contribution in [0, 0.1) is 5.82 Å². The predicted octanol–water partition coefficient (Wildman–Crippen LogP) is 2.24. The minimum absolute atomic E-state index is 0.139. The molecular weight excluding hydrogens is 483 g/mol. The lowest BCUT2D eigenvalue weighted by Gasteiger charge is -2.14. The fraction of sp³-hybridized carbons (Fsp3) is 0.167. The Bertz CT molecular complexity index is 1070. The van der Waals surface area contributed by atoms with E-state index in [9.17, 15) is 14.0 Å². The van der Waals surface area contributed by atoms with Gasteiger partial charge in [-0.25, -0.2) is 9.37 Å². The number of amides is 1. The highest BCUT2D eigenvalue weighted by atomic mass is 79.9. The van der Waals surface area contributed by atoms with Crippen molar-refractivity contribution >= 4 is 54.4 Å². The molecule has 0 saturated heterocycles. The fourth-order valence-electron chi connectivity index (χ4n) is 2.69. The Labute approximate surface area is 171 Å². The van der Waals surface area contributed by atoms with Gasteiger partial charge in [-0.15, -0.1) is 0 Å². The van der Waals surface area contributed by atoms with Crippen LogP contribution in [-0.2, 0) is 11.3 Å². The topological polar surface area (TPSA) is 79.3 Å². The van der Waals surface area contributed by atoms with Gasteiger partial charge in [0, 0.05) is 14.6 Å². The number of nitrogens with zero attached hydrogens (tertiary/aromatic N) is 1. The number of rotatable bonds is 5. The highest BCUT2D eigenvalue weighted by Gasteiger charge is 2.15. The molecule has 0 bridgehead atoms. The van der Waals surface area contributed by atoms with Crippen molar-refractivity contribution in [1.29, 1.82) is 0 Å². The van der Waals surface area contributed by atoms with E-state index in [2.05, 4.69) is 47.1 Å². The van der Waals surface area contributed by atoms with Crippen LogP contribution in [0.1, 0.15) is 5.82 Å². The number of aromatic amines is 1. The van der Waals surface area contributed by atoms with Gasteiger partial charge in [0.05, 0.1) is 18.0 Å². The number of likely N-dealkylation sites (N-methyl/N-ethyl adjacent to an activating group) is 1. The third-order valence-corrected chi connectivity index (χ3v) is 4.88. The highest BCUT2D eigenvalue weighted by Crippen LogP contribution is 2.24. The van der Waals surface area contributed by atoms with Crippen molar-refractivity contribution in [3.8, 4) is 0 Å². The van der Waals surface area contributed by atoms with Gasteiger partial charge in [-0.3, -0.25) is 9.59 Å².